The number of amides is 1. The molecule has 1 fully saturated rings. The number of carbonyl (C=O) groups excluding carboxylic acids is 1. The van der Waals surface area contributed by atoms with Crippen LogP contribution in [-0.4, -0.2) is 42.0 Å². The van der Waals surface area contributed by atoms with Crippen LogP contribution < -0.4 is 4.90 Å². The van der Waals surface area contributed by atoms with Crippen molar-refractivity contribution >= 4 is 22.5 Å². The van der Waals surface area contributed by atoms with Crippen LogP contribution in [0.1, 0.15) is 10.6 Å². The Bertz CT molecular complexity index is 816. The van der Waals surface area contributed by atoms with Gasteiger partial charge in [-0.2, -0.15) is 0 Å². The molecule has 1 aliphatic heterocycles. The summed E-state index contributed by atoms with van der Waals surface area (Å²) in [6.45, 7) is 2.99. The maximum atomic E-state index is 12.3. The number of hydrogen-bond donors (Lipinski definition) is 0. The summed E-state index contributed by atoms with van der Waals surface area (Å²) < 4.78 is 5.20. The molecule has 1 aromatic carbocycles. The summed E-state index contributed by atoms with van der Waals surface area (Å²) in [5.74, 6) is 0.377. The first-order chi connectivity index (χ1) is 11.3. The first-order valence-corrected chi connectivity index (χ1v) is 7.74. The van der Waals surface area contributed by atoms with Crippen LogP contribution in [0.15, 0.2) is 59.3 Å². The molecule has 0 atom stereocenters. The number of furan rings is 1. The fourth-order valence-electron chi connectivity index (χ4n) is 3.06. The molecule has 3 aromatic rings. The van der Waals surface area contributed by atoms with E-state index in [1.165, 1.54) is 12.0 Å². The molecule has 0 N–H and O–H groups in total. The average molecular weight is 307 g/mol. The molecule has 0 spiro atoms. The van der Waals surface area contributed by atoms with Crippen molar-refractivity contribution in [1.29, 1.82) is 0 Å². The van der Waals surface area contributed by atoms with Gasteiger partial charge >= 0.3 is 0 Å². The van der Waals surface area contributed by atoms with Gasteiger partial charge in [0.1, 0.15) is 0 Å². The summed E-state index contributed by atoms with van der Waals surface area (Å²) in [5.41, 5.74) is 2.18. The fraction of sp³-hybridized carbons (Fsp3) is 0.222. The number of rotatable bonds is 2. The molecule has 1 saturated heterocycles. The molecule has 23 heavy (non-hydrogen) atoms. The van der Waals surface area contributed by atoms with Gasteiger partial charge in [-0.05, 0) is 24.3 Å². The number of nitrogens with zero attached hydrogens (tertiary/aromatic N) is 3. The zero-order valence-corrected chi connectivity index (χ0v) is 12.7. The summed E-state index contributed by atoms with van der Waals surface area (Å²) in [5, 5.41) is 1.15. The van der Waals surface area contributed by atoms with Crippen LogP contribution in [0.3, 0.4) is 0 Å². The van der Waals surface area contributed by atoms with Gasteiger partial charge < -0.3 is 14.2 Å². The van der Waals surface area contributed by atoms with Crippen molar-refractivity contribution in [3.05, 3.63) is 60.7 Å². The van der Waals surface area contributed by atoms with E-state index in [0.717, 1.165) is 24.0 Å². The highest BCUT2D eigenvalue weighted by molar-refractivity contribution is 5.93. The van der Waals surface area contributed by atoms with E-state index in [1.807, 2.05) is 35.4 Å². The Morgan fingerprint density at radius 2 is 1.83 bits per heavy atom. The predicted molar refractivity (Wildman–Crippen MR) is 88.6 cm³/mol. The minimum atomic E-state index is -0.0331. The number of hydrogen-bond acceptors (Lipinski definition) is 4. The molecule has 4 rings (SSSR count). The fourth-order valence-corrected chi connectivity index (χ4v) is 3.06. The summed E-state index contributed by atoms with van der Waals surface area (Å²) in [4.78, 5) is 20.9. The number of para-hydroxylation sites is 1. The molecule has 0 radical (unpaired) electrons. The number of benzene rings is 1. The molecule has 5 nitrogen and oxygen atoms in total. The number of fused-ring (bicyclic) bond motifs is 1. The lowest BCUT2D eigenvalue weighted by atomic mass is 10.1. The highest BCUT2D eigenvalue weighted by Crippen LogP contribution is 2.26. The lowest BCUT2D eigenvalue weighted by Gasteiger charge is -2.36. The van der Waals surface area contributed by atoms with Crippen LogP contribution in [0, 0.1) is 0 Å². The SMILES string of the molecule is O=C(c1ccco1)N1CCN(c2ccnc3ccccc23)CC1. The number of anilines is 1. The second-order valence-corrected chi connectivity index (χ2v) is 5.60. The minimum Gasteiger partial charge on any atom is -0.459 e. The molecule has 0 aliphatic carbocycles. The van der Waals surface area contributed by atoms with Crippen molar-refractivity contribution in [3.8, 4) is 0 Å². The molecular weight excluding hydrogens is 290 g/mol. The lowest BCUT2D eigenvalue weighted by molar-refractivity contribution is 0.0715. The zero-order chi connectivity index (χ0) is 15.6. The Hall–Kier alpha value is -2.82. The van der Waals surface area contributed by atoms with Gasteiger partial charge in [0, 0.05) is 43.4 Å². The molecule has 0 bridgehead atoms. The van der Waals surface area contributed by atoms with Crippen LogP contribution in [0.2, 0.25) is 0 Å². The van der Waals surface area contributed by atoms with Gasteiger partial charge in [-0.3, -0.25) is 9.78 Å². The molecule has 0 saturated carbocycles. The molecule has 1 amide bonds. The standard InChI is InChI=1S/C18H17N3O2/c22-18(17-6-3-13-23-17)21-11-9-20(10-12-21)16-7-8-19-15-5-2-1-4-14(15)16/h1-8,13H,9-12H2. The van der Waals surface area contributed by atoms with Gasteiger partial charge in [-0.15, -0.1) is 0 Å². The van der Waals surface area contributed by atoms with E-state index in [0.29, 0.717) is 18.8 Å². The molecule has 2 aromatic heterocycles. The van der Waals surface area contributed by atoms with E-state index in [4.69, 9.17) is 4.42 Å². The number of piperazine rings is 1. The van der Waals surface area contributed by atoms with Crippen LogP contribution in [0.5, 0.6) is 0 Å². The largest absolute Gasteiger partial charge is 0.459 e. The Morgan fingerprint density at radius 3 is 2.61 bits per heavy atom. The molecule has 116 valence electrons. The van der Waals surface area contributed by atoms with Gasteiger partial charge in [0.25, 0.3) is 5.91 Å². The van der Waals surface area contributed by atoms with E-state index < -0.39 is 0 Å². The third-order valence-corrected chi connectivity index (χ3v) is 4.27. The Morgan fingerprint density at radius 1 is 1.00 bits per heavy atom. The van der Waals surface area contributed by atoms with Gasteiger partial charge in [0.05, 0.1) is 11.8 Å². The minimum absolute atomic E-state index is 0.0331. The lowest BCUT2D eigenvalue weighted by Crippen LogP contribution is -2.48. The number of pyridine rings is 1. The molecule has 1 aliphatic rings. The Labute approximate surface area is 134 Å². The van der Waals surface area contributed by atoms with E-state index in [-0.39, 0.29) is 5.91 Å². The summed E-state index contributed by atoms with van der Waals surface area (Å²) in [7, 11) is 0. The summed E-state index contributed by atoms with van der Waals surface area (Å²) in [6, 6.07) is 13.7. The van der Waals surface area contributed by atoms with Gasteiger partial charge in [0.15, 0.2) is 5.76 Å². The molecule has 3 heterocycles. The Balaban J connectivity index is 1.52. The van der Waals surface area contributed by atoms with E-state index in [9.17, 15) is 4.79 Å². The normalized spacial score (nSPS) is 15.1. The maximum absolute atomic E-state index is 12.3. The topological polar surface area (TPSA) is 49.6 Å². The van der Waals surface area contributed by atoms with E-state index >= 15 is 0 Å². The average Bonchev–Trinajstić information content (AvgIpc) is 3.15. The number of aromatic nitrogens is 1. The van der Waals surface area contributed by atoms with Crippen LogP contribution in [0.25, 0.3) is 10.9 Å². The van der Waals surface area contributed by atoms with Gasteiger partial charge in [-0.25, -0.2) is 0 Å². The summed E-state index contributed by atoms with van der Waals surface area (Å²) in [6.07, 6.45) is 3.38. The quantitative estimate of drug-likeness (QED) is 0.730. The van der Waals surface area contributed by atoms with Crippen LogP contribution in [-0.2, 0) is 0 Å². The zero-order valence-electron chi connectivity index (χ0n) is 12.7. The smallest absolute Gasteiger partial charge is 0.289 e. The second-order valence-electron chi connectivity index (χ2n) is 5.60. The maximum Gasteiger partial charge on any atom is 0.289 e. The first-order valence-electron chi connectivity index (χ1n) is 7.74. The third kappa shape index (κ3) is 2.54. The highest BCUT2D eigenvalue weighted by Gasteiger charge is 2.24. The molecular formula is C18H17N3O2. The van der Waals surface area contributed by atoms with E-state index in [2.05, 4.69) is 16.0 Å². The van der Waals surface area contributed by atoms with Crippen molar-refractivity contribution in [3.63, 3.8) is 0 Å². The van der Waals surface area contributed by atoms with Crippen molar-refractivity contribution in [1.82, 2.24) is 9.88 Å². The first kappa shape index (κ1) is 13.8. The summed E-state index contributed by atoms with van der Waals surface area (Å²) >= 11 is 0. The van der Waals surface area contributed by atoms with Gasteiger partial charge in [0.2, 0.25) is 0 Å². The van der Waals surface area contributed by atoms with Crippen LogP contribution in [0.4, 0.5) is 5.69 Å². The predicted octanol–water partition coefficient (Wildman–Crippen LogP) is 2.79. The Kier molecular flexibility index (Phi) is 3.46. The van der Waals surface area contributed by atoms with E-state index in [1.54, 1.807) is 12.1 Å². The van der Waals surface area contributed by atoms with Crippen molar-refractivity contribution in [2.24, 2.45) is 0 Å². The monoisotopic (exact) mass is 307 g/mol. The third-order valence-electron chi connectivity index (χ3n) is 4.27. The van der Waals surface area contributed by atoms with Crippen molar-refractivity contribution in [2.45, 2.75) is 0 Å². The molecule has 5 heteroatoms. The van der Waals surface area contributed by atoms with Crippen molar-refractivity contribution < 1.29 is 9.21 Å². The van der Waals surface area contributed by atoms with Gasteiger partial charge in [-0.1, -0.05) is 18.2 Å². The second kappa shape index (κ2) is 5.76. The van der Waals surface area contributed by atoms with Crippen LogP contribution >= 0.6 is 0 Å². The highest BCUT2D eigenvalue weighted by atomic mass is 16.3. The van der Waals surface area contributed by atoms with Crippen molar-refractivity contribution in [2.75, 3.05) is 31.1 Å². The number of carbonyl (C=O) groups is 1. The molecule has 0 unspecified atom stereocenters.